The molecule has 0 heterocycles. The molecule has 2 fully saturated rings. The number of carbonyl (C=O) groups is 1. The lowest BCUT2D eigenvalue weighted by Crippen LogP contribution is -2.57. The number of benzene rings is 1. The first-order valence-electron chi connectivity index (χ1n) is 8.26. The van der Waals surface area contributed by atoms with Crippen LogP contribution in [0.1, 0.15) is 62.8 Å². The number of nitrogens with one attached hydrogen (secondary N) is 1. The minimum Gasteiger partial charge on any atom is -0.480 e. The SMILES string of the molecule is O=C(O)C1(NC2CCCC2)CCC(c2ccccc2)CC1. The van der Waals surface area contributed by atoms with Crippen molar-refractivity contribution in [1.82, 2.24) is 5.32 Å². The Balaban J connectivity index is 1.66. The van der Waals surface area contributed by atoms with Gasteiger partial charge >= 0.3 is 5.97 Å². The summed E-state index contributed by atoms with van der Waals surface area (Å²) in [4.78, 5) is 11.8. The average Bonchev–Trinajstić information content (AvgIpc) is 3.01. The minimum atomic E-state index is -0.680. The molecule has 2 aliphatic carbocycles. The number of hydrogen-bond donors (Lipinski definition) is 2. The van der Waals surface area contributed by atoms with E-state index in [1.54, 1.807) is 0 Å². The molecule has 0 radical (unpaired) electrons. The van der Waals surface area contributed by atoms with Crippen LogP contribution in [0.25, 0.3) is 0 Å². The zero-order valence-electron chi connectivity index (χ0n) is 12.6. The largest absolute Gasteiger partial charge is 0.480 e. The Labute approximate surface area is 126 Å². The van der Waals surface area contributed by atoms with E-state index in [9.17, 15) is 9.90 Å². The molecule has 0 unspecified atom stereocenters. The molecule has 0 spiro atoms. The van der Waals surface area contributed by atoms with Gasteiger partial charge < -0.3 is 5.11 Å². The van der Waals surface area contributed by atoms with Crippen LogP contribution in [0.2, 0.25) is 0 Å². The summed E-state index contributed by atoms with van der Waals surface area (Å²) in [5.74, 6) is -0.134. The summed E-state index contributed by atoms with van der Waals surface area (Å²) in [6.45, 7) is 0. The molecule has 3 rings (SSSR count). The number of rotatable bonds is 4. The molecule has 0 aromatic heterocycles. The molecule has 2 aliphatic rings. The van der Waals surface area contributed by atoms with Gasteiger partial charge in [0.15, 0.2) is 0 Å². The first kappa shape index (κ1) is 14.6. The summed E-state index contributed by atoms with van der Waals surface area (Å²) in [7, 11) is 0. The molecular formula is C18H25NO2. The highest BCUT2D eigenvalue weighted by Gasteiger charge is 2.43. The Morgan fingerprint density at radius 2 is 1.67 bits per heavy atom. The van der Waals surface area contributed by atoms with Crippen molar-refractivity contribution in [2.45, 2.75) is 68.9 Å². The molecule has 2 saturated carbocycles. The Hall–Kier alpha value is -1.35. The van der Waals surface area contributed by atoms with E-state index in [0.717, 1.165) is 38.5 Å². The van der Waals surface area contributed by atoms with Gasteiger partial charge in [-0.3, -0.25) is 10.1 Å². The van der Waals surface area contributed by atoms with Crippen LogP contribution in [-0.2, 0) is 4.79 Å². The van der Waals surface area contributed by atoms with E-state index in [1.807, 2.05) is 6.07 Å². The standard InChI is InChI=1S/C18H25NO2/c20-17(21)18(19-16-8-4-5-9-16)12-10-15(11-13-18)14-6-2-1-3-7-14/h1-3,6-7,15-16,19H,4-5,8-13H2,(H,20,21). The molecule has 114 valence electrons. The number of carboxylic acid groups (broad SMARTS) is 1. The molecule has 1 aromatic rings. The van der Waals surface area contributed by atoms with Crippen LogP contribution < -0.4 is 5.32 Å². The molecule has 3 nitrogen and oxygen atoms in total. The zero-order chi connectivity index (χ0) is 14.7. The van der Waals surface area contributed by atoms with Crippen molar-refractivity contribution in [1.29, 1.82) is 0 Å². The van der Waals surface area contributed by atoms with Crippen LogP contribution in [0.3, 0.4) is 0 Å². The van der Waals surface area contributed by atoms with Gasteiger partial charge in [0.05, 0.1) is 0 Å². The fourth-order valence-corrected chi connectivity index (χ4v) is 4.05. The van der Waals surface area contributed by atoms with E-state index in [1.165, 1.54) is 18.4 Å². The Kier molecular flexibility index (Phi) is 4.29. The quantitative estimate of drug-likeness (QED) is 0.887. The second-order valence-corrected chi connectivity index (χ2v) is 6.70. The highest BCUT2D eigenvalue weighted by molar-refractivity contribution is 5.79. The Morgan fingerprint density at radius 1 is 1.05 bits per heavy atom. The second kappa shape index (κ2) is 6.18. The third-order valence-electron chi connectivity index (χ3n) is 5.36. The first-order valence-corrected chi connectivity index (χ1v) is 8.26. The van der Waals surface area contributed by atoms with Crippen molar-refractivity contribution in [3.8, 4) is 0 Å². The van der Waals surface area contributed by atoms with Crippen molar-refractivity contribution in [2.75, 3.05) is 0 Å². The topological polar surface area (TPSA) is 49.3 Å². The van der Waals surface area contributed by atoms with Gasteiger partial charge in [0.25, 0.3) is 0 Å². The normalized spacial score (nSPS) is 30.4. The van der Waals surface area contributed by atoms with E-state index in [0.29, 0.717) is 12.0 Å². The summed E-state index contributed by atoms with van der Waals surface area (Å²) in [6, 6.07) is 10.9. The minimum absolute atomic E-state index is 0.411. The lowest BCUT2D eigenvalue weighted by molar-refractivity contribution is -0.147. The summed E-state index contributed by atoms with van der Waals surface area (Å²) in [5.41, 5.74) is 0.678. The molecule has 0 aliphatic heterocycles. The maximum atomic E-state index is 11.8. The molecule has 1 aromatic carbocycles. The van der Waals surface area contributed by atoms with E-state index in [-0.39, 0.29) is 0 Å². The smallest absolute Gasteiger partial charge is 0.323 e. The maximum Gasteiger partial charge on any atom is 0.323 e. The molecule has 21 heavy (non-hydrogen) atoms. The lowest BCUT2D eigenvalue weighted by atomic mass is 9.73. The van der Waals surface area contributed by atoms with E-state index >= 15 is 0 Å². The Bertz CT molecular complexity index is 471. The van der Waals surface area contributed by atoms with Crippen molar-refractivity contribution in [2.24, 2.45) is 0 Å². The van der Waals surface area contributed by atoms with E-state index < -0.39 is 11.5 Å². The summed E-state index contributed by atoms with van der Waals surface area (Å²) in [6.07, 6.45) is 8.18. The van der Waals surface area contributed by atoms with Crippen molar-refractivity contribution < 1.29 is 9.90 Å². The maximum absolute atomic E-state index is 11.8. The monoisotopic (exact) mass is 287 g/mol. The fourth-order valence-electron chi connectivity index (χ4n) is 4.05. The van der Waals surface area contributed by atoms with Gasteiger partial charge in [-0.05, 0) is 50.0 Å². The molecule has 3 heteroatoms. The van der Waals surface area contributed by atoms with Crippen LogP contribution >= 0.6 is 0 Å². The van der Waals surface area contributed by atoms with Crippen LogP contribution in [0.5, 0.6) is 0 Å². The van der Waals surface area contributed by atoms with Gasteiger partial charge in [-0.1, -0.05) is 43.2 Å². The van der Waals surface area contributed by atoms with E-state index in [2.05, 4.69) is 29.6 Å². The first-order chi connectivity index (χ1) is 10.2. The predicted molar refractivity (Wildman–Crippen MR) is 83.4 cm³/mol. The summed E-state index contributed by atoms with van der Waals surface area (Å²) >= 11 is 0. The van der Waals surface area contributed by atoms with Gasteiger partial charge in [0, 0.05) is 6.04 Å². The lowest BCUT2D eigenvalue weighted by Gasteiger charge is -2.39. The number of aliphatic carboxylic acids is 1. The van der Waals surface area contributed by atoms with Gasteiger partial charge in [-0.25, -0.2) is 0 Å². The van der Waals surface area contributed by atoms with Crippen LogP contribution in [0, 0.1) is 0 Å². The van der Waals surface area contributed by atoms with Gasteiger partial charge in [0.2, 0.25) is 0 Å². The van der Waals surface area contributed by atoms with Crippen molar-refractivity contribution >= 4 is 5.97 Å². The third-order valence-corrected chi connectivity index (χ3v) is 5.36. The van der Waals surface area contributed by atoms with E-state index in [4.69, 9.17) is 0 Å². The molecular weight excluding hydrogens is 262 g/mol. The van der Waals surface area contributed by atoms with Gasteiger partial charge in [-0.15, -0.1) is 0 Å². The van der Waals surface area contributed by atoms with Crippen molar-refractivity contribution in [3.05, 3.63) is 35.9 Å². The second-order valence-electron chi connectivity index (χ2n) is 6.70. The number of carboxylic acids is 1. The van der Waals surface area contributed by atoms with Crippen LogP contribution in [0.4, 0.5) is 0 Å². The molecule has 0 saturated heterocycles. The molecule has 0 bridgehead atoms. The van der Waals surface area contributed by atoms with Crippen molar-refractivity contribution in [3.63, 3.8) is 0 Å². The molecule has 0 amide bonds. The van der Waals surface area contributed by atoms with Crippen LogP contribution in [-0.4, -0.2) is 22.7 Å². The highest BCUT2D eigenvalue weighted by atomic mass is 16.4. The van der Waals surface area contributed by atoms with Crippen LogP contribution in [0.15, 0.2) is 30.3 Å². The number of hydrogen-bond acceptors (Lipinski definition) is 2. The summed E-state index contributed by atoms with van der Waals surface area (Å²) < 4.78 is 0. The van der Waals surface area contributed by atoms with Gasteiger partial charge in [-0.2, -0.15) is 0 Å². The summed E-state index contributed by atoms with van der Waals surface area (Å²) in [5, 5.41) is 13.2. The predicted octanol–water partition coefficient (Wildman–Crippen LogP) is 3.70. The highest BCUT2D eigenvalue weighted by Crippen LogP contribution is 2.39. The molecule has 2 N–H and O–H groups in total. The molecule has 0 atom stereocenters. The average molecular weight is 287 g/mol. The fraction of sp³-hybridized carbons (Fsp3) is 0.611. The third kappa shape index (κ3) is 3.13. The Morgan fingerprint density at radius 3 is 2.24 bits per heavy atom. The van der Waals surface area contributed by atoms with Gasteiger partial charge in [0.1, 0.15) is 5.54 Å². The zero-order valence-corrected chi connectivity index (χ0v) is 12.6.